The van der Waals surface area contributed by atoms with Crippen LogP contribution in [0, 0.1) is 0 Å². The van der Waals surface area contributed by atoms with E-state index >= 15 is 0 Å². The lowest BCUT2D eigenvalue weighted by atomic mass is 9.91. The second kappa shape index (κ2) is 7.87. The molecule has 0 spiro atoms. The van der Waals surface area contributed by atoms with Crippen molar-refractivity contribution in [1.82, 2.24) is 15.2 Å². The number of benzene rings is 2. The number of aromatic nitrogens is 1. The third-order valence-corrected chi connectivity index (χ3v) is 5.79. The quantitative estimate of drug-likeness (QED) is 0.597. The van der Waals surface area contributed by atoms with Crippen LogP contribution < -0.4 is 14.8 Å². The number of carbonyl (C=O) groups excluding carboxylic acids is 2. The maximum absolute atomic E-state index is 13.3. The van der Waals surface area contributed by atoms with Gasteiger partial charge in [-0.3, -0.25) is 9.69 Å². The van der Waals surface area contributed by atoms with Crippen LogP contribution in [0.4, 0.5) is 4.79 Å². The normalized spacial score (nSPS) is 20.2. The number of oxazole rings is 1. The number of amides is 3. The lowest BCUT2D eigenvalue weighted by molar-refractivity contribution is -0.131. The molecule has 0 bridgehead atoms. The van der Waals surface area contributed by atoms with E-state index in [0.29, 0.717) is 41.1 Å². The summed E-state index contributed by atoms with van der Waals surface area (Å²) in [5.74, 6) is 1.52. The van der Waals surface area contributed by atoms with Crippen molar-refractivity contribution >= 4 is 23.5 Å². The van der Waals surface area contributed by atoms with Crippen LogP contribution in [0.1, 0.15) is 24.8 Å². The van der Waals surface area contributed by atoms with Crippen LogP contribution in [-0.2, 0) is 16.9 Å². The lowest BCUT2D eigenvalue weighted by Crippen LogP contribution is -2.40. The Kier molecular flexibility index (Phi) is 5.01. The van der Waals surface area contributed by atoms with Crippen LogP contribution in [0.2, 0.25) is 5.02 Å². The Hall–Kier alpha value is -3.52. The first kappa shape index (κ1) is 20.4. The fourth-order valence-electron chi connectivity index (χ4n) is 3.80. The summed E-state index contributed by atoms with van der Waals surface area (Å²) >= 11 is 6.04. The van der Waals surface area contributed by atoms with Gasteiger partial charge in [-0.1, -0.05) is 29.8 Å². The highest BCUT2D eigenvalue weighted by Crippen LogP contribution is 2.37. The highest BCUT2D eigenvalue weighted by Gasteiger charge is 2.49. The summed E-state index contributed by atoms with van der Waals surface area (Å²) in [6.07, 6.45) is 2.32. The Bertz CT molecular complexity index is 1210. The van der Waals surface area contributed by atoms with Crippen molar-refractivity contribution in [1.29, 1.82) is 0 Å². The van der Waals surface area contributed by atoms with Crippen molar-refractivity contribution in [2.75, 3.05) is 13.2 Å². The van der Waals surface area contributed by atoms with E-state index in [1.807, 2.05) is 6.07 Å². The molecule has 3 heterocycles. The highest BCUT2D eigenvalue weighted by molar-refractivity contribution is 6.30. The third-order valence-electron chi connectivity index (χ3n) is 5.56. The van der Waals surface area contributed by atoms with E-state index in [1.165, 1.54) is 0 Å². The van der Waals surface area contributed by atoms with E-state index < -0.39 is 17.5 Å². The number of carbonyl (C=O) groups is 2. The van der Waals surface area contributed by atoms with Gasteiger partial charge in [0, 0.05) is 17.0 Å². The third kappa shape index (κ3) is 3.56. The van der Waals surface area contributed by atoms with Gasteiger partial charge in [0.25, 0.3) is 5.91 Å². The van der Waals surface area contributed by atoms with Gasteiger partial charge in [-0.05, 0) is 36.8 Å². The summed E-state index contributed by atoms with van der Waals surface area (Å²) < 4.78 is 17.2. The van der Waals surface area contributed by atoms with Crippen molar-refractivity contribution in [3.05, 3.63) is 65.1 Å². The zero-order chi connectivity index (χ0) is 22.3. The highest BCUT2D eigenvalue weighted by atomic mass is 35.5. The van der Waals surface area contributed by atoms with Gasteiger partial charge in [0.05, 0.1) is 19.4 Å². The summed E-state index contributed by atoms with van der Waals surface area (Å²) in [7, 11) is 0. The molecule has 2 aliphatic heterocycles. The Morgan fingerprint density at radius 2 is 1.94 bits per heavy atom. The number of nitrogens with one attached hydrogen (secondary N) is 1. The van der Waals surface area contributed by atoms with Crippen molar-refractivity contribution in [2.24, 2.45) is 0 Å². The number of halogens is 1. The smallest absolute Gasteiger partial charge is 0.325 e. The van der Waals surface area contributed by atoms with Gasteiger partial charge in [0.1, 0.15) is 12.1 Å². The van der Waals surface area contributed by atoms with Gasteiger partial charge < -0.3 is 19.2 Å². The molecule has 3 amide bonds. The number of hydrogen-bond acceptors (Lipinski definition) is 6. The number of nitrogens with zero attached hydrogens (tertiary/aromatic N) is 2. The zero-order valence-corrected chi connectivity index (χ0v) is 18.0. The van der Waals surface area contributed by atoms with Gasteiger partial charge in [-0.15, -0.1) is 0 Å². The van der Waals surface area contributed by atoms with E-state index in [0.717, 1.165) is 16.9 Å². The molecular weight excluding hydrogens is 434 g/mol. The molecule has 0 aliphatic carbocycles. The predicted octanol–water partition coefficient (Wildman–Crippen LogP) is 4.12. The van der Waals surface area contributed by atoms with Crippen LogP contribution >= 0.6 is 11.6 Å². The molecule has 1 atom stereocenters. The number of imide groups is 1. The molecule has 1 unspecified atom stereocenters. The second-order valence-electron chi connectivity index (χ2n) is 7.79. The first-order valence-electron chi connectivity index (χ1n) is 10.2. The van der Waals surface area contributed by atoms with Crippen LogP contribution in [-0.4, -0.2) is 35.0 Å². The van der Waals surface area contributed by atoms with Gasteiger partial charge in [0.15, 0.2) is 17.3 Å². The summed E-state index contributed by atoms with van der Waals surface area (Å²) in [5, 5.41) is 3.36. The molecule has 8 nitrogen and oxygen atoms in total. The predicted molar refractivity (Wildman–Crippen MR) is 115 cm³/mol. The number of urea groups is 1. The van der Waals surface area contributed by atoms with Crippen LogP contribution in [0.3, 0.4) is 0 Å². The topological polar surface area (TPSA) is 93.9 Å². The number of ether oxygens (including phenoxy) is 2. The Balaban J connectivity index is 1.38. The van der Waals surface area contributed by atoms with E-state index in [2.05, 4.69) is 10.3 Å². The van der Waals surface area contributed by atoms with Crippen molar-refractivity contribution in [3.8, 4) is 22.8 Å². The Labute approximate surface area is 189 Å². The molecule has 5 rings (SSSR count). The van der Waals surface area contributed by atoms with Crippen molar-refractivity contribution in [2.45, 2.75) is 25.4 Å². The van der Waals surface area contributed by atoms with Crippen molar-refractivity contribution in [3.63, 3.8) is 0 Å². The van der Waals surface area contributed by atoms with E-state index in [4.69, 9.17) is 25.5 Å². The minimum absolute atomic E-state index is 0.0919. The molecule has 32 heavy (non-hydrogen) atoms. The largest absolute Gasteiger partial charge is 0.490 e. The number of rotatable bonds is 4. The molecular formula is C23H20ClN3O5. The SMILES string of the molecule is CC1(c2ccc3c(c2)OCCCO3)NC(=O)N(Cc2ncc(-c3cccc(Cl)c3)o2)C1=O. The molecule has 1 N–H and O–H groups in total. The van der Waals surface area contributed by atoms with Gasteiger partial charge in [-0.2, -0.15) is 0 Å². The molecule has 9 heteroatoms. The molecule has 0 radical (unpaired) electrons. The summed E-state index contributed by atoms with van der Waals surface area (Å²) in [5.41, 5.74) is 0.115. The standard InChI is InChI=1S/C23H20ClN3O5/c1-23(15-6-7-17-18(11-15)31-9-3-8-30-17)21(28)27(22(29)26-23)13-20-25-12-19(32-20)14-4-2-5-16(24)10-14/h2,4-7,10-12H,3,8-9,13H2,1H3,(H,26,29). The average molecular weight is 454 g/mol. The molecule has 2 aliphatic rings. The maximum atomic E-state index is 13.3. The van der Waals surface area contributed by atoms with Crippen LogP contribution in [0.5, 0.6) is 11.5 Å². The van der Waals surface area contributed by atoms with Crippen LogP contribution in [0.15, 0.2) is 53.1 Å². The van der Waals surface area contributed by atoms with Gasteiger partial charge in [0.2, 0.25) is 5.89 Å². The Morgan fingerprint density at radius 3 is 2.75 bits per heavy atom. The van der Waals surface area contributed by atoms with E-state index in [1.54, 1.807) is 49.5 Å². The minimum atomic E-state index is -1.25. The fourth-order valence-corrected chi connectivity index (χ4v) is 3.99. The summed E-state index contributed by atoms with van der Waals surface area (Å²) in [6.45, 7) is 2.67. The molecule has 2 aromatic carbocycles. The second-order valence-corrected chi connectivity index (χ2v) is 8.22. The first-order valence-corrected chi connectivity index (χ1v) is 10.6. The van der Waals surface area contributed by atoms with Gasteiger partial charge >= 0.3 is 6.03 Å². The molecule has 0 saturated carbocycles. The maximum Gasteiger partial charge on any atom is 0.325 e. The van der Waals surface area contributed by atoms with E-state index in [-0.39, 0.29) is 12.4 Å². The molecule has 1 saturated heterocycles. The minimum Gasteiger partial charge on any atom is -0.490 e. The number of hydrogen-bond donors (Lipinski definition) is 1. The average Bonchev–Trinajstić information content (AvgIpc) is 3.23. The molecule has 1 aromatic heterocycles. The Morgan fingerprint density at radius 1 is 1.12 bits per heavy atom. The van der Waals surface area contributed by atoms with Crippen molar-refractivity contribution < 1.29 is 23.5 Å². The zero-order valence-electron chi connectivity index (χ0n) is 17.3. The monoisotopic (exact) mass is 453 g/mol. The fraction of sp³-hybridized carbons (Fsp3) is 0.261. The summed E-state index contributed by atoms with van der Waals surface area (Å²) in [4.78, 5) is 31.3. The molecule has 3 aromatic rings. The number of fused-ring (bicyclic) bond motifs is 1. The summed E-state index contributed by atoms with van der Waals surface area (Å²) in [6, 6.07) is 11.9. The first-order chi connectivity index (χ1) is 15.4. The van der Waals surface area contributed by atoms with Crippen LogP contribution in [0.25, 0.3) is 11.3 Å². The lowest BCUT2D eigenvalue weighted by Gasteiger charge is -2.23. The van der Waals surface area contributed by atoms with Gasteiger partial charge in [-0.25, -0.2) is 9.78 Å². The van der Waals surface area contributed by atoms with E-state index in [9.17, 15) is 9.59 Å². The molecule has 1 fully saturated rings. The molecule has 164 valence electrons.